The van der Waals surface area contributed by atoms with Crippen LogP contribution in [-0.4, -0.2) is 24.7 Å². The molecule has 0 saturated heterocycles. The van der Waals surface area contributed by atoms with Gasteiger partial charge in [0.25, 0.3) is 0 Å². The van der Waals surface area contributed by atoms with Gasteiger partial charge in [-0.15, -0.1) is 0 Å². The molecule has 0 fully saturated rings. The SMILES string of the molecule is CCOC(=O)c1ncoc1C(C)(CC)OC. The monoisotopic (exact) mass is 227 g/mol. The van der Waals surface area contributed by atoms with Crippen molar-refractivity contribution in [3.8, 4) is 0 Å². The van der Waals surface area contributed by atoms with Crippen molar-refractivity contribution >= 4 is 5.97 Å². The average Bonchev–Trinajstić information content (AvgIpc) is 2.78. The Labute approximate surface area is 94.8 Å². The fourth-order valence-electron chi connectivity index (χ4n) is 1.36. The van der Waals surface area contributed by atoms with Crippen molar-refractivity contribution in [2.24, 2.45) is 0 Å². The van der Waals surface area contributed by atoms with Gasteiger partial charge < -0.3 is 13.9 Å². The standard InChI is InChI=1S/C11H17NO4/c1-5-11(3,14-4)9-8(12-7-16-9)10(13)15-6-2/h7H,5-6H2,1-4H3. The van der Waals surface area contributed by atoms with Gasteiger partial charge in [0.05, 0.1) is 6.61 Å². The molecule has 0 saturated carbocycles. The van der Waals surface area contributed by atoms with E-state index in [4.69, 9.17) is 13.9 Å². The van der Waals surface area contributed by atoms with E-state index in [0.717, 1.165) is 0 Å². The summed E-state index contributed by atoms with van der Waals surface area (Å²) in [5, 5.41) is 0. The number of aromatic nitrogens is 1. The Hall–Kier alpha value is -1.36. The Bertz CT molecular complexity index is 355. The molecule has 1 heterocycles. The number of esters is 1. The Morgan fingerprint density at radius 2 is 2.25 bits per heavy atom. The molecule has 1 aromatic rings. The zero-order chi connectivity index (χ0) is 12.2. The van der Waals surface area contributed by atoms with Gasteiger partial charge in [0, 0.05) is 7.11 Å². The second kappa shape index (κ2) is 5.12. The Morgan fingerprint density at radius 1 is 1.56 bits per heavy atom. The van der Waals surface area contributed by atoms with Gasteiger partial charge in [0.2, 0.25) is 0 Å². The van der Waals surface area contributed by atoms with Gasteiger partial charge in [0.15, 0.2) is 17.8 Å². The number of rotatable bonds is 5. The molecule has 1 rings (SSSR count). The number of hydrogen-bond acceptors (Lipinski definition) is 5. The summed E-state index contributed by atoms with van der Waals surface area (Å²) >= 11 is 0. The van der Waals surface area contributed by atoms with Crippen LogP contribution in [0.5, 0.6) is 0 Å². The summed E-state index contributed by atoms with van der Waals surface area (Å²) < 4.78 is 15.5. The molecule has 0 N–H and O–H groups in total. The van der Waals surface area contributed by atoms with Crippen LogP contribution in [0.25, 0.3) is 0 Å². The van der Waals surface area contributed by atoms with Gasteiger partial charge in [-0.3, -0.25) is 0 Å². The fourth-order valence-corrected chi connectivity index (χ4v) is 1.36. The van der Waals surface area contributed by atoms with Crippen LogP contribution in [-0.2, 0) is 15.1 Å². The van der Waals surface area contributed by atoms with Crippen LogP contribution >= 0.6 is 0 Å². The van der Waals surface area contributed by atoms with Gasteiger partial charge in [-0.25, -0.2) is 9.78 Å². The second-order valence-electron chi connectivity index (χ2n) is 3.54. The molecule has 1 atom stereocenters. The van der Waals surface area contributed by atoms with E-state index in [2.05, 4.69) is 4.98 Å². The van der Waals surface area contributed by atoms with E-state index in [9.17, 15) is 4.79 Å². The number of hydrogen-bond donors (Lipinski definition) is 0. The maximum Gasteiger partial charge on any atom is 0.360 e. The highest BCUT2D eigenvalue weighted by atomic mass is 16.5. The summed E-state index contributed by atoms with van der Waals surface area (Å²) in [6, 6.07) is 0. The van der Waals surface area contributed by atoms with Crippen molar-refractivity contribution in [1.82, 2.24) is 4.98 Å². The number of oxazole rings is 1. The van der Waals surface area contributed by atoms with E-state index >= 15 is 0 Å². The summed E-state index contributed by atoms with van der Waals surface area (Å²) in [6.07, 6.45) is 1.90. The lowest BCUT2D eigenvalue weighted by molar-refractivity contribution is -0.0205. The van der Waals surface area contributed by atoms with Gasteiger partial charge in [-0.2, -0.15) is 0 Å². The Balaban J connectivity index is 3.06. The maximum atomic E-state index is 11.6. The molecular formula is C11H17NO4. The third-order valence-corrected chi connectivity index (χ3v) is 2.64. The van der Waals surface area contributed by atoms with Crippen molar-refractivity contribution < 1.29 is 18.7 Å². The highest BCUT2D eigenvalue weighted by Gasteiger charge is 2.34. The topological polar surface area (TPSA) is 61.6 Å². The van der Waals surface area contributed by atoms with Crippen LogP contribution in [0.4, 0.5) is 0 Å². The minimum absolute atomic E-state index is 0.188. The largest absolute Gasteiger partial charge is 0.461 e. The number of carbonyl (C=O) groups excluding carboxylic acids is 1. The number of carbonyl (C=O) groups is 1. The first-order valence-corrected chi connectivity index (χ1v) is 5.25. The van der Waals surface area contributed by atoms with Crippen LogP contribution in [0.3, 0.4) is 0 Å². The number of nitrogens with zero attached hydrogens (tertiary/aromatic N) is 1. The van der Waals surface area contributed by atoms with Crippen LogP contribution in [0.15, 0.2) is 10.8 Å². The molecule has 0 aliphatic rings. The van der Waals surface area contributed by atoms with Crippen molar-refractivity contribution in [2.75, 3.05) is 13.7 Å². The molecule has 5 heteroatoms. The lowest BCUT2D eigenvalue weighted by atomic mass is 9.98. The molecule has 0 radical (unpaired) electrons. The average molecular weight is 227 g/mol. The first-order valence-electron chi connectivity index (χ1n) is 5.25. The molecular weight excluding hydrogens is 210 g/mol. The third-order valence-electron chi connectivity index (χ3n) is 2.64. The molecule has 0 spiro atoms. The maximum absolute atomic E-state index is 11.6. The van der Waals surface area contributed by atoms with Crippen molar-refractivity contribution in [1.29, 1.82) is 0 Å². The van der Waals surface area contributed by atoms with Gasteiger partial charge >= 0.3 is 5.97 Å². The van der Waals surface area contributed by atoms with Crippen molar-refractivity contribution in [3.05, 3.63) is 17.8 Å². The van der Waals surface area contributed by atoms with E-state index in [-0.39, 0.29) is 5.69 Å². The molecule has 0 aromatic carbocycles. The highest BCUT2D eigenvalue weighted by Crippen LogP contribution is 2.30. The highest BCUT2D eigenvalue weighted by molar-refractivity contribution is 5.88. The van der Waals surface area contributed by atoms with Gasteiger partial charge in [-0.1, -0.05) is 6.92 Å². The quantitative estimate of drug-likeness (QED) is 0.721. The zero-order valence-electron chi connectivity index (χ0n) is 10.1. The van der Waals surface area contributed by atoms with E-state index in [1.54, 1.807) is 14.0 Å². The molecule has 0 amide bonds. The molecule has 1 aromatic heterocycles. The molecule has 0 aliphatic carbocycles. The van der Waals surface area contributed by atoms with Crippen LogP contribution in [0, 0.1) is 0 Å². The number of methoxy groups -OCH3 is 1. The predicted octanol–water partition coefficient (Wildman–Crippen LogP) is 2.12. The minimum Gasteiger partial charge on any atom is -0.461 e. The van der Waals surface area contributed by atoms with E-state index in [1.165, 1.54) is 6.39 Å². The smallest absolute Gasteiger partial charge is 0.360 e. The first-order chi connectivity index (χ1) is 7.59. The lowest BCUT2D eigenvalue weighted by Gasteiger charge is -2.24. The third kappa shape index (κ3) is 2.24. The van der Waals surface area contributed by atoms with E-state index < -0.39 is 11.6 Å². The summed E-state index contributed by atoms with van der Waals surface area (Å²) in [5.41, 5.74) is -0.466. The molecule has 16 heavy (non-hydrogen) atoms. The molecule has 90 valence electrons. The van der Waals surface area contributed by atoms with Crippen LogP contribution in [0.1, 0.15) is 43.4 Å². The zero-order valence-corrected chi connectivity index (χ0v) is 10.1. The molecule has 0 bridgehead atoms. The molecule has 0 aliphatic heterocycles. The van der Waals surface area contributed by atoms with Crippen LogP contribution < -0.4 is 0 Å². The predicted molar refractivity (Wildman–Crippen MR) is 57.1 cm³/mol. The first kappa shape index (κ1) is 12.7. The van der Waals surface area contributed by atoms with Crippen molar-refractivity contribution in [2.45, 2.75) is 32.8 Å². The Morgan fingerprint density at radius 3 is 2.75 bits per heavy atom. The van der Waals surface area contributed by atoms with Crippen LogP contribution in [0.2, 0.25) is 0 Å². The van der Waals surface area contributed by atoms with E-state index in [1.807, 2.05) is 13.8 Å². The second-order valence-corrected chi connectivity index (χ2v) is 3.54. The summed E-state index contributed by atoms with van der Waals surface area (Å²) in [7, 11) is 1.57. The summed E-state index contributed by atoms with van der Waals surface area (Å²) in [4.78, 5) is 15.5. The normalized spacial score (nSPS) is 14.5. The number of ether oxygens (including phenoxy) is 2. The minimum atomic E-state index is -0.654. The summed E-state index contributed by atoms with van der Waals surface area (Å²) in [5.74, 6) is -0.0704. The van der Waals surface area contributed by atoms with E-state index in [0.29, 0.717) is 18.8 Å². The Kier molecular flexibility index (Phi) is 4.06. The fraction of sp³-hybridized carbons (Fsp3) is 0.636. The lowest BCUT2D eigenvalue weighted by Crippen LogP contribution is -2.25. The van der Waals surface area contributed by atoms with Gasteiger partial charge in [0.1, 0.15) is 5.60 Å². The van der Waals surface area contributed by atoms with Gasteiger partial charge in [-0.05, 0) is 20.3 Å². The van der Waals surface area contributed by atoms with Crippen molar-refractivity contribution in [3.63, 3.8) is 0 Å². The summed E-state index contributed by atoms with van der Waals surface area (Å²) in [6.45, 7) is 5.84. The molecule has 5 nitrogen and oxygen atoms in total. The molecule has 1 unspecified atom stereocenters.